The molecule has 0 aliphatic carbocycles. The lowest BCUT2D eigenvalue weighted by Gasteiger charge is -2.14. The molecule has 0 saturated carbocycles. The van der Waals surface area contributed by atoms with Gasteiger partial charge in [0.2, 0.25) is 0 Å². The molecule has 27 heavy (non-hydrogen) atoms. The highest BCUT2D eigenvalue weighted by Crippen LogP contribution is 2.36. The van der Waals surface area contributed by atoms with Crippen molar-refractivity contribution < 1.29 is 27.1 Å². The molecule has 0 radical (unpaired) electrons. The lowest BCUT2D eigenvalue weighted by molar-refractivity contribution is 0.0600. The van der Waals surface area contributed by atoms with E-state index in [-0.39, 0.29) is 22.7 Å². The zero-order valence-electron chi connectivity index (χ0n) is 14.8. The van der Waals surface area contributed by atoms with Crippen molar-refractivity contribution in [3.05, 3.63) is 47.8 Å². The monoisotopic (exact) mass is 395 g/mol. The summed E-state index contributed by atoms with van der Waals surface area (Å²) in [7, 11) is 0.0754. The van der Waals surface area contributed by atoms with Gasteiger partial charge in [-0.2, -0.15) is 8.42 Å². The summed E-state index contributed by atoms with van der Waals surface area (Å²) in [5, 5.41) is 0. The quantitative estimate of drug-likeness (QED) is 0.346. The Morgan fingerprint density at radius 2 is 1.85 bits per heavy atom. The summed E-state index contributed by atoms with van der Waals surface area (Å²) < 4.78 is 52.1. The molecule has 0 saturated heterocycles. The van der Waals surface area contributed by atoms with Crippen molar-refractivity contribution in [3.8, 4) is 11.5 Å². The number of esters is 1. The number of nitrogens with two attached hydrogens (primary N) is 1. The molecule has 0 amide bonds. The Labute approximate surface area is 156 Å². The van der Waals surface area contributed by atoms with Gasteiger partial charge in [-0.15, -0.1) is 4.40 Å². The second-order valence-electron chi connectivity index (χ2n) is 5.60. The van der Waals surface area contributed by atoms with Crippen molar-refractivity contribution in [2.24, 2.45) is 4.40 Å². The maximum absolute atomic E-state index is 13.1. The highest BCUT2D eigenvalue weighted by Gasteiger charge is 2.25. The molecule has 0 bridgehead atoms. The van der Waals surface area contributed by atoms with E-state index in [1.165, 1.54) is 23.1 Å². The number of ether oxygens (including phenoxy) is 2. The summed E-state index contributed by atoms with van der Waals surface area (Å²) in [6, 6.07) is 7.19. The van der Waals surface area contributed by atoms with E-state index in [0.29, 0.717) is 0 Å². The Morgan fingerprint density at radius 3 is 2.41 bits per heavy atom. The first-order valence-electron chi connectivity index (χ1n) is 7.56. The Kier molecular flexibility index (Phi) is 6.01. The molecule has 0 atom stereocenters. The molecule has 0 heterocycles. The molecule has 8 nitrogen and oxygen atoms in total. The zero-order valence-corrected chi connectivity index (χ0v) is 15.7. The van der Waals surface area contributed by atoms with E-state index in [1.54, 1.807) is 14.1 Å². The number of hydrogen-bond acceptors (Lipinski definition) is 6. The number of carbonyl (C=O) groups excluding carboxylic acids is 1. The first-order valence-corrected chi connectivity index (χ1v) is 9.00. The molecule has 144 valence electrons. The van der Waals surface area contributed by atoms with Crippen molar-refractivity contribution in [1.29, 1.82) is 0 Å². The molecule has 0 fully saturated rings. The average molecular weight is 395 g/mol. The number of sulfonamides is 1. The van der Waals surface area contributed by atoms with Crippen LogP contribution in [0.5, 0.6) is 11.5 Å². The maximum atomic E-state index is 13.1. The van der Waals surface area contributed by atoms with E-state index >= 15 is 0 Å². The van der Waals surface area contributed by atoms with Gasteiger partial charge in [0, 0.05) is 14.1 Å². The number of nitrogen functional groups attached to an aromatic ring is 1. The van der Waals surface area contributed by atoms with E-state index in [0.717, 1.165) is 31.6 Å². The highest BCUT2D eigenvalue weighted by molar-refractivity contribution is 7.90. The maximum Gasteiger partial charge on any atom is 0.337 e. The summed E-state index contributed by atoms with van der Waals surface area (Å²) in [5.74, 6) is -1.34. The van der Waals surface area contributed by atoms with Crippen LogP contribution < -0.4 is 10.5 Å². The third kappa shape index (κ3) is 4.94. The molecule has 10 heteroatoms. The fourth-order valence-corrected chi connectivity index (χ4v) is 3.09. The van der Waals surface area contributed by atoms with Gasteiger partial charge in [0.25, 0.3) is 10.0 Å². The van der Waals surface area contributed by atoms with Crippen LogP contribution >= 0.6 is 0 Å². The predicted octanol–water partition coefficient (Wildman–Crippen LogP) is 2.27. The second-order valence-corrected chi connectivity index (χ2v) is 7.20. The van der Waals surface area contributed by atoms with Crippen LogP contribution in [-0.4, -0.2) is 46.8 Å². The van der Waals surface area contributed by atoms with Crippen LogP contribution in [0, 0.1) is 5.82 Å². The van der Waals surface area contributed by atoms with Gasteiger partial charge in [-0.05, 0) is 36.4 Å². The van der Waals surface area contributed by atoms with Crippen LogP contribution in [0.2, 0.25) is 0 Å². The Balaban J connectivity index is 2.63. The Bertz CT molecular complexity index is 973. The Hall–Kier alpha value is -3.14. The second kappa shape index (κ2) is 8.04. The van der Waals surface area contributed by atoms with Gasteiger partial charge >= 0.3 is 5.97 Å². The molecule has 0 unspecified atom stereocenters. The lowest BCUT2D eigenvalue weighted by atomic mass is 10.2. The molecule has 0 spiro atoms. The minimum absolute atomic E-state index is 0.0833. The van der Waals surface area contributed by atoms with Crippen LogP contribution in [0.15, 0.2) is 45.7 Å². The summed E-state index contributed by atoms with van der Waals surface area (Å²) in [4.78, 5) is 12.8. The van der Waals surface area contributed by atoms with E-state index < -0.39 is 26.7 Å². The lowest BCUT2D eigenvalue weighted by Crippen LogP contribution is -2.12. The SMILES string of the molecule is COC(=O)c1cc(N)c(Oc2ccc(F)cc2)c(S(=O)(=O)N=CN(C)C)c1. The average Bonchev–Trinajstić information content (AvgIpc) is 2.62. The number of methoxy groups -OCH3 is 1. The van der Waals surface area contributed by atoms with Gasteiger partial charge in [0.15, 0.2) is 5.75 Å². The normalized spacial score (nSPS) is 11.4. The zero-order chi connectivity index (χ0) is 20.2. The van der Waals surface area contributed by atoms with Crippen molar-refractivity contribution >= 4 is 28.0 Å². The van der Waals surface area contributed by atoms with Crippen LogP contribution in [0.4, 0.5) is 10.1 Å². The smallest absolute Gasteiger partial charge is 0.337 e. The first-order chi connectivity index (χ1) is 12.6. The van der Waals surface area contributed by atoms with Crippen LogP contribution in [-0.2, 0) is 14.8 Å². The van der Waals surface area contributed by atoms with Gasteiger partial charge in [-0.1, -0.05) is 0 Å². The van der Waals surface area contributed by atoms with E-state index in [9.17, 15) is 17.6 Å². The number of halogens is 1. The molecule has 2 rings (SSSR count). The van der Waals surface area contributed by atoms with Crippen molar-refractivity contribution in [1.82, 2.24) is 4.90 Å². The van der Waals surface area contributed by atoms with E-state index in [1.807, 2.05) is 0 Å². The number of rotatable bonds is 6. The number of benzene rings is 2. The molecule has 2 aromatic carbocycles. The van der Waals surface area contributed by atoms with Crippen LogP contribution in [0.25, 0.3) is 0 Å². The molecular formula is C17H18FN3O5S. The third-order valence-electron chi connectivity index (χ3n) is 3.23. The van der Waals surface area contributed by atoms with E-state index in [2.05, 4.69) is 9.13 Å². The summed E-state index contributed by atoms with van der Waals surface area (Å²) in [5.41, 5.74) is 5.70. The fraction of sp³-hybridized carbons (Fsp3) is 0.176. The Morgan fingerprint density at radius 1 is 1.22 bits per heavy atom. The summed E-state index contributed by atoms with van der Waals surface area (Å²) in [6.07, 6.45) is 1.08. The number of hydrogen-bond donors (Lipinski definition) is 1. The van der Waals surface area contributed by atoms with Crippen molar-refractivity contribution in [2.45, 2.75) is 4.90 Å². The number of nitrogens with zero attached hydrogens (tertiary/aromatic N) is 2. The van der Waals surface area contributed by atoms with Gasteiger partial charge in [0.1, 0.15) is 22.8 Å². The van der Waals surface area contributed by atoms with Crippen molar-refractivity contribution in [2.75, 3.05) is 26.9 Å². The largest absolute Gasteiger partial charge is 0.465 e. The molecule has 0 aromatic heterocycles. The fourth-order valence-electron chi connectivity index (χ4n) is 1.99. The van der Waals surface area contributed by atoms with E-state index in [4.69, 9.17) is 10.5 Å². The molecule has 2 N–H and O–H groups in total. The summed E-state index contributed by atoms with van der Waals surface area (Å²) in [6.45, 7) is 0. The molecule has 2 aromatic rings. The van der Waals surface area contributed by atoms with Gasteiger partial charge < -0.3 is 20.1 Å². The first kappa shape index (κ1) is 20.2. The third-order valence-corrected chi connectivity index (χ3v) is 4.46. The molecule has 0 aliphatic rings. The predicted molar refractivity (Wildman–Crippen MR) is 98.0 cm³/mol. The number of carbonyl (C=O) groups is 1. The van der Waals surface area contributed by atoms with Gasteiger partial charge in [0.05, 0.1) is 18.4 Å². The number of anilines is 1. The van der Waals surface area contributed by atoms with Crippen LogP contribution in [0.3, 0.4) is 0 Å². The summed E-state index contributed by atoms with van der Waals surface area (Å²) >= 11 is 0. The molecular weight excluding hydrogens is 377 g/mol. The van der Waals surface area contributed by atoms with Crippen molar-refractivity contribution in [3.63, 3.8) is 0 Å². The minimum Gasteiger partial charge on any atom is -0.465 e. The van der Waals surface area contributed by atoms with Gasteiger partial charge in [-0.25, -0.2) is 9.18 Å². The minimum atomic E-state index is -4.26. The topological polar surface area (TPSA) is 111 Å². The molecule has 0 aliphatic heterocycles. The standard InChI is InChI=1S/C17H18FN3O5S/c1-21(2)10-20-27(23,24)15-9-11(17(22)25-3)8-14(19)16(15)26-13-6-4-12(18)5-7-13/h4-10H,19H2,1-3H3. The highest BCUT2D eigenvalue weighted by atomic mass is 32.2. The van der Waals surface area contributed by atoms with Gasteiger partial charge in [-0.3, -0.25) is 0 Å². The van der Waals surface area contributed by atoms with Crippen LogP contribution in [0.1, 0.15) is 10.4 Å².